The Bertz CT molecular complexity index is 428. The van der Waals surface area contributed by atoms with Crippen molar-refractivity contribution in [3.63, 3.8) is 0 Å². The van der Waals surface area contributed by atoms with E-state index in [1.165, 1.54) is 6.42 Å². The Hall–Kier alpha value is -1.51. The van der Waals surface area contributed by atoms with Crippen molar-refractivity contribution in [2.75, 3.05) is 6.54 Å². The van der Waals surface area contributed by atoms with Crippen LogP contribution >= 0.6 is 0 Å². The van der Waals surface area contributed by atoms with Crippen molar-refractivity contribution < 1.29 is 9.90 Å². The first-order chi connectivity index (χ1) is 8.11. The van der Waals surface area contributed by atoms with Gasteiger partial charge in [-0.15, -0.1) is 0 Å². The topological polar surface area (TPSA) is 40.5 Å². The Labute approximate surface area is 102 Å². The molecule has 1 amide bonds. The second-order valence-electron chi connectivity index (χ2n) is 4.81. The first kappa shape index (κ1) is 12.0. The quantitative estimate of drug-likeness (QED) is 0.810. The van der Waals surface area contributed by atoms with Crippen LogP contribution in [0.15, 0.2) is 18.2 Å². The summed E-state index contributed by atoms with van der Waals surface area (Å²) < 4.78 is 0. The number of carbonyl (C=O) groups is 1. The number of piperidine rings is 1. The first-order valence-corrected chi connectivity index (χ1v) is 6.21. The molecule has 1 fully saturated rings. The van der Waals surface area contributed by atoms with Gasteiger partial charge in [0.1, 0.15) is 5.75 Å². The molecule has 0 aliphatic carbocycles. The number of likely N-dealkylation sites (tertiary alicyclic amines) is 1. The summed E-state index contributed by atoms with van der Waals surface area (Å²) in [5.74, 6) is 0.0775. The molecule has 1 aliphatic rings. The Balaban J connectivity index is 2.27. The zero-order valence-electron chi connectivity index (χ0n) is 10.4. The van der Waals surface area contributed by atoms with Crippen LogP contribution in [0.2, 0.25) is 0 Å². The fraction of sp³-hybridized carbons (Fsp3) is 0.500. The van der Waals surface area contributed by atoms with Crippen molar-refractivity contribution in [1.29, 1.82) is 0 Å². The number of hydrogen-bond acceptors (Lipinski definition) is 2. The SMILES string of the molecule is Cc1cccc(C(=O)N2CCCCC2C)c1O. The van der Waals surface area contributed by atoms with Gasteiger partial charge in [0.2, 0.25) is 0 Å². The van der Waals surface area contributed by atoms with Gasteiger partial charge in [0.15, 0.2) is 0 Å². The van der Waals surface area contributed by atoms with E-state index in [0.717, 1.165) is 24.9 Å². The maximum Gasteiger partial charge on any atom is 0.257 e. The minimum absolute atomic E-state index is 0.0431. The molecule has 0 saturated carbocycles. The Morgan fingerprint density at radius 1 is 1.41 bits per heavy atom. The average molecular weight is 233 g/mol. The highest BCUT2D eigenvalue weighted by atomic mass is 16.3. The molecule has 1 saturated heterocycles. The van der Waals surface area contributed by atoms with E-state index in [4.69, 9.17) is 0 Å². The monoisotopic (exact) mass is 233 g/mol. The van der Waals surface area contributed by atoms with Crippen molar-refractivity contribution in [2.45, 2.75) is 39.2 Å². The van der Waals surface area contributed by atoms with Gasteiger partial charge in [-0.05, 0) is 44.7 Å². The molecule has 1 N–H and O–H groups in total. The molecule has 92 valence electrons. The minimum Gasteiger partial charge on any atom is -0.507 e. The fourth-order valence-electron chi connectivity index (χ4n) is 2.39. The molecule has 2 rings (SSSR count). The van der Waals surface area contributed by atoms with E-state index in [2.05, 4.69) is 6.92 Å². The summed E-state index contributed by atoms with van der Waals surface area (Å²) in [6.45, 7) is 4.68. The molecule has 1 aromatic rings. The van der Waals surface area contributed by atoms with Crippen LogP contribution in [0.1, 0.15) is 42.1 Å². The number of aryl methyl sites for hydroxylation is 1. The zero-order chi connectivity index (χ0) is 12.4. The maximum atomic E-state index is 12.3. The van der Waals surface area contributed by atoms with Gasteiger partial charge in [-0.1, -0.05) is 12.1 Å². The number of hydrogen-bond donors (Lipinski definition) is 1. The van der Waals surface area contributed by atoms with Gasteiger partial charge in [0, 0.05) is 12.6 Å². The van der Waals surface area contributed by atoms with Crippen LogP contribution in [0, 0.1) is 6.92 Å². The van der Waals surface area contributed by atoms with E-state index < -0.39 is 0 Å². The summed E-state index contributed by atoms with van der Waals surface area (Å²) in [7, 11) is 0. The summed E-state index contributed by atoms with van der Waals surface area (Å²) in [5.41, 5.74) is 1.18. The van der Waals surface area contributed by atoms with E-state index in [-0.39, 0.29) is 17.7 Å². The maximum absolute atomic E-state index is 12.3. The number of para-hydroxylation sites is 1. The zero-order valence-corrected chi connectivity index (χ0v) is 10.4. The summed E-state index contributed by atoms with van der Waals surface area (Å²) in [6, 6.07) is 5.60. The van der Waals surface area contributed by atoms with E-state index in [1.54, 1.807) is 6.07 Å². The third kappa shape index (κ3) is 2.28. The molecule has 1 aliphatic heterocycles. The van der Waals surface area contributed by atoms with Gasteiger partial charge in [0.25, 0.3) is 5.91 Å². The van der Waals surface area contributed by atoms with Gasteiger partial charge >= 0.3 is 0 Å². The van der Waals surface area contributed by atoms with E-state index in [9.17, 15) is 9.90 Å². The lowest BCUT2D eigenvalue weighted by atomic mass is 10.0. The van der Waals surface area contributed by atoms with Crippen LogP contribution in [0.3, 0.4) is 0 Å². The van der Waals surface area contributed by atoms with E-state index in [1.807, 2.05) is 24.0 Å². The fourth-order valence-corrected chi connectivity index (χ4v) is 2.39. The highest BCUT2D eigenvalue weighted by Gasteiger charge is 2.26. The third-order valence-corrected chi connectivity index (χ3v) is 3.53. The normalized spacial score (nSPS) is 20.4. The number of rotatable bonds is 1. The van der Waals surface area contributed by atoms with Crippen LogP contribution in [-0.4, -0.2) is 28.5 Å². The molecule has 0 radical (unpaired) electrons. The highest BCUT2D eigenvalue weighted by Crippen LogP contribution is 2.26. The molecule has 3 nitrogen and oxygen atoms in total. The predicted octanol–water partition coefficient (Wildman–Crippen LogP) is 2.72. The van der Waals surface area contributed by atoms with E-state index in [0.29, 0.717) is 5.56 Å². The second-order valence-corrected chi connectivity index (χ2v) is 4.81. The number of carbonyl (C=O) groups excluding carboxylic acids is 1. The number of phenols is 1. The summed E-state index contributed by atoms with van der Waals surface area (Å²) >= 11 is 0. The molecule has 1 unspecified atom stereocenters. The number of amides is 1. The van der Waals surface area contributed by atoms with Gasteiger partial charge in [-0.2, -0.15) is 0 Å². The molecule has 1 heterocycles. The van der Waals surface area contributed by atoms with Crippen LogP contribution in [0.25, 0.3) is 0 Å². The molecule has 0 aromatic heterocycles. The predicted molar refractivity (Wildman–Crippen MR) is 67.2 cm³/mol. The van der Waals surface area contributed by atoms with Crippen LogP contribution in [0.5, 0.6) is 5.75 Å². The molecular weight excluding hydrogens is 214 g/mol. The molecular formula is C14H19NO2. The number of aromatic hydroxyl groups is 1. The largest absolute Gasteiger partial charge is 0.507 e. The van der Waals surface area contributed by atoms with Gasteiger partial charge in [-0.3, -0.25) is 4.79 Å². The van der Waals surface area contributed by atoms with E-state index >= 15 is 0 Å². The second kappa shape index (κ2) is 4.78. The van der Waals surface area contributed by atoms with Crippen molar-refractivity contribution in [3.05, 3.63) is 29.3 Å². The van der Waals surface area contributed by atoms with Crippen LogP contribution < -0.4 is 0 Å². The molecule has 1 atom stereocenters. The Morgan fingerprint density at radius 3 is 2.88 bits per heavy atom. The number of nitrogens with zero attached hydrogens (tertiary/aromatic N) is 1. The van der Waals surface area contributed by atoms with Crippen molar-refractivity contribution in [1.82, 2.24) is 4.90 Å². The molecule has 1 aromatic carbocycles. The Kier molecular flexibility index (Phi) is 3.36. The van der Waals surface area contributed by atoms with Crippen molar-refractivity contribution in [3.8, 4) is 5.75 Å². The molecule has 0 spiro atoms. The molecule has 3 heteroatoms. The Morgan fingerprint density at radius 2 is 2.18 bits per heavy atom. The van der Waals surface area contributed by atoms with Crippen molar-refractivity contribution >= 4 is 5.91 Å². The van der Waals surface area contributed by atoms with Crippen LogP contribution in [0.4, 0.5) is 0 Å². The summed E-state index contributed by atoms with van der Waals surface area (Å²) in [6.07, 6.45) is 3.30. The third-order valence-electron chi connectivity index (χ3n) is 3.53. The standard InChI is InChI=1S/C14H19NO2/c1-10-6-5-8-12(13(10)16)14(17)15-9-4-3-7-11(15)2/h5-6,8,11,16H,3-4,7,9H2,1-2H3. The lowest BCUT2D eigenvalue weighted by molar-refractivity contribution is 0.0632. The van der Waals surface area contributed by atoms with Gasteiger partial charge in [0.05, 0.1) is 5.56 Å². The minimum atomic E-state index is -0.0431. The lowest BCUT2D eigenvalue weighted by Crippen LogP contribution is -2.42. The van der Waals surface area contributed by atoms with Gasteiger partial charge < -0.3 is 10.0 Å². The van der Waals surface area contributed by atoms with Crippen LogP contribution in [-0.2, 0) is 0 Å². The highest BCUT2D eigenvalue weighted by molar-refractivity contribution is 5.97. The average Bonchev–Trinajstić information content (AvgIpc) is 2.32. The first-order valence-electron chi connectivity index (χ1n) is 6.21. The van der Waals surface area contributed by atoms with Gasteiger partial charge in [-0.25, -0.2) is 0 Å². The molecule has 17 heavy (non-hydrogen) atoms. The summed E-state index contributed by atoms with van der Waals surface area (Å²) in [4.78, 5) is 14.2. The molecule has 0 bridgehead atoms. The number of phenolic OH excluding ortho intramolecular Hbond substituents is 1. The number of benzene rings is 1. The summed E-state index contributed by atoms with van der Waals surface area (Å²) in [5, 5.41) is 9.94. The lowest BCUT2D eigenvalue weighted by Gasteiger charge is -2.33. The smallest absolute Gasteiger partial charge is 0.257 e. The van der Waals surface area contributed by atoms with Crippen molar-refractivity contribution in [2.24, 2.45) is 0 Å².